The van der Waals surface area contributed by atoms with Gasteiger partial charge in [-0.15, -0.1) is 6.58 Å². The first-order valence-electron chi connectivity index (χ1n) is 5.62. The maximum absolute atomic E-state index is 11.9. The van der Waals surface area contributed by atoms with Gasteiger partial charge < -0.3 is 10.1 Å². The molecule has 0 aliphatic carbocycles. The van der Waals surface area contributed by atoms with E-state index in [1.807, 2.05) is 6.07 Å². The first kappa shape index (κ1) is 14.5. The molecule has 0 unspecified atom stereocenters. The molecule has 1 rings (SSSR count). The van der Waals surface area contributed by atoms with Crippen LogP contribution in [0.3, 0.4) is 0 Å². The van der Waals surface area contributed by atoms with Gasteiger partial charge in [0.2, 0.25) is 0 Å². The molecule has 5 heteroatoms. The van der Waals surface area contributed by atoms with Crippen molar-refractivity contribution >= 4 is 11.9 Å². The predicted octanol–water partition coefficient (Wildman–Crippen LogP) is 1.41. The number of nitrogens with zero attached hydrogens (tertiary/aromatic N) is 1. The van der Waals surface area contributed by atoms with Gasteiger partial charge in [0, 0.05) is 5.56 Å². The van der Waals surface area contributed by atoms with Crippen LogP contribution in [0.4, 0.5) is 0 Å². The molecule has 0 bridgehead atoms. The van der Waals surface area contributed by atoms with Crippen molar-refractivity contribution in [1.29, 1.82) is 5.26 Å². The van der Waals surface area contributed by atoms with Gasteiger partial charge in [-0.25, -0.2) is 4.79 Å². The first-order chi connectivity index (χ1) is 9.12. The number of amides is 1. The van der Waals surface area contributed by atoms with Crippen LogP contribution >= 0.6 is 0 Å². The fourth-order valence-corrected chi connectivity index (χ4v) is 1.46. The molecule has 1 amide bonds. The molecule has 1 N–H and O–H groups in total. The van der Waals surface area contributed by atoms with E-state index in [9.17, 15) is 9.59 Å². The highest BCUT2D eigenvalue weighted by Gasteiger charge is 2.20. The van der Waals surface area contributed by atoms with Crippen LogP contribution in [0, 0.1) is 11.3 Å². The lowest BCUT2D eigenvalue weighted by atomic mass is 10.1. The van der Waals surface area contributed by atoms with Gasteiger partial charge in [-0.1, -0.05) is 6.08 Å². The lowest BCUT2D eigenvalue weighted by Gasteiger charge is -2.14. The molecular weight excluding hydrogens is 244 g/mol. The molecule has 0 saturated carbocycles. The number of methoxy groups -OCH3 is 1. The maximum atomic E-state index is 11.9. The van der Waals surface area contributed by atoms with Gasteiger partial charge in [0.15, 0.2) is 0 Å². The second kappa shape index (κ2) is 6.97. The highest BCUT2D eigenvalue weighted by atomic mass is 16.5. The van der Waals surface area contributed by atoms with Crippen LogP contribution in [0.15, 0.2) is 36.9 Å². The number of benzene rings is 1. The SMILES string of the molecule is C=CC[C@@H](NC(=O)c1ccc(C#N)cc1)C(=O)OC. The second-order valence-corrected chi connectivity index (χ2v) is 3.76. The molecule has 0 heterocycles. The second-order valence-electron chi connectivity index (χ2n) is 3.76. The minimum absolute atomic E-state index is 0.286. The van der Waals surface area contributed by atoms with E-state index in [1.54, 1.807) is 0 Å². The van der Waals surface area contributed by atoms with Crippen molar-refractivity contribution in [2.24, 2.45) is 0 Å². The summed E-state index contributed by atoms with van der Waals surface area (Å²) in [6, 6.07) is 7.33. The fraction of sp³-hybridized carbons (Fsp3) is 0.214. The molecule has 0 radical (unpaired) electrons. The Hall–Kier alpha value is -2.61. The smallest absolute Gasteiger partial charge is 0.328 e. The summed E-state index contributed by atoms with van der Waals surface area (Å²) >= 11 is 0. The van der Waals surface area contributed by atoms with Crippen LogP contribution in [0.1, 0.15) is 22.3 Å². The van der Waals surface area contributed by atoms with Gasteiger partial charge in [-0.2, -0.15) is 5.26 Å². The Balaban J connectivity index is 2.78. The monoisotopic (exact) mass is 258 g/mol. The number of hydrogen-bond acceptors (Lipinski definition) is 4. The van der Waals surface area contributed by atoms with Gasteiger partial charge >= 0.3 is 5.97 Å². The van der Waals surface area contributed by atoms with E-state index in [2.05, 4.69) is 16.6 Å². The number of ether oxygens (including phenoxy) is 1. The summed E-state index contributed by atoms with van der Waals surface area (Å²) in [4.78, 5) is 23.4. The van der Waals surface area contributed by atoms with Crippen LogP contribution in [0.2, 0.25) is 0 Å². The standard InChI is InChI=1S/C14H14N2O3/c1-3-4-12(14(18)19-2)16-13(17)11-7-5-10(9-15)6-8-11/h3,5-8,12H,1,4H2,2H3,(H,16,17)/t12-/m1/s1. The Morgan fingerprint density at radius 3 is 2.58 bits per heavy atom. The van der Waals surface area contributed by atoms with Crippen LogP contribution < -0.4 is 5.32 Å². The molecule has 5 nitrogen and oxygen atoms in total. The van der Waals surface area contributed by atoms with E-state index >= 15 is 0 Å². The lowest BCUT2D eigenvalue weighted by Crippen LogP contribution is -2.41. The molecule has 0 saturated heterocycles. The zero-order valence-electron chi connectivity index (χ0n) is 10.6. The summed E-state index contributed by atoms with van der Waals surface area (Å²) in [7, 11) is 1.26. The van der Waals surface area contributed by atoms with Crippen LogP contribution in [0.5, 0.6) is 0 Å². The molecule has 19 heavy (non-hydrogen) atoms. The lowest BCUT2D eigenvalue weighted by molar-refractivity contribution is -0.142. The zero-order chi connectivity index (χ0) is 14.3. The quantitative estimate of drug-likeness (QED) is 0.639. The number of carbonyl (C=O) groups is 2. The van der Waals surface area contributed by atoms with E-state index < -0.39 is 17.9 Å². The Morgan fingerprint density at radius 1 is 1.47 bits per heavy atom. The highest BCUT2D eigenvalue weighted by molar-refractivity contribution is 5.96. The number of rotatable bonds is 5. The van der Waals surface area contributed by atoms with E-state index in [4.69, 9.17) is 5.26 Å². The number of carbonyl (C=O) groups excluding carboxylic acids is 2. The van der Waals surface area contributed by atoms with Crippen molar-refractivity contribution in [1.82, 2.24) is 5.32 Å². The van der Waals surface area contributed by atoms with Crippen molar-refractivity contribution in [2.45, 2.75) is 12.5 Å². The van der Waals surface area contributed by atoms with Crippen molar-refractivity contribution in [3.05, 3.63) is 48.0 Å². The van der Waals surface area contributed by atoms with Gasteiger partial charge in [-0.3, -0.25) is 4.79 Å². The average Bonchev–Trinajstić information content (AvgIpc) is 2.46. The highest BCUT2D eigenvalue weighted by Crippen LogP contribution is 2.05. The molecule has 1 atom stereocenters. The molecule has 1 aromatic rings. The van der Waals surface area contributed by atoms with Crippen molar-refractivity contribution in [3.63, 3.8) is 0 Å². The summed E-state index contributed by atoms with van der Waals surface area (Å²) in [6.07, 6.45) is 1.81. The number of nitriles is 1. The molecule has 0 fully saturated rings. The molecule has 0 aliphatic heterocycles. The third-order valence-electron chi connectivity index (χ3n) is 2.47. The van der Waals surface area contributed by atoms with E-state index in [0.29, 0.717) is 11.1 Å². The maximum Gasteiger partial charge on any atom is 0.328 e. The molecule has 0 spiro atoms. The van der Waals surface area contributed by atoms with Gasteiger partial charge in [-0.05, 0) is 30.7 Å². The van der Waals surface area contributed by atoms with Gasteiger partial charge in [0.05, 0.1) is 18.7 Å². The van der Waals surface area contributed by atoms with Crippen molar-refractivity contribution < 1.29 is 14.3 Å². The molecule has 0 aromatic heterocycles. The summed E-state index contributed by atoms with van der Waals surface area (Å²) in [6.45, 7) is 3.52. The van der Waals surface area contributed by atoms with E-state index in [-0.39, 0.29) is 6.42 Å². The largest absolute Gasteiger partial charge is 0.467 e. The number of esters is 1. The van der Waals surface area contributed by atoms with Crippen molar-refractivity contribution in [2.75, 3.05) is 7.11 Å². The minimum atomic E-state index is -0.759. The number of nitrogens with one attached hydrogen (secondary N) is 1. The third-order valence-corrected chi connectivity index (χ3v) is 2.47. The Morgan fingerprint density at radius 2 is 2.11 bits per heavy atom. The van der Waals surface area contributed by atoms with Crippen LogP contribution in [-0.2, 0) is 9.53 Å². The van der Waals surface area contributed by atoms with E-state index in [1.165, 1.54) is 37.5 Å². The molecule has 1 aromatic carbocycles. The summed E-state index contributed by atoms with van der Waals surface area (Å²) in [5, 5.41) is 11.2. The van der Waals surface area contributed by atoms with Crippen LogP contribution in [-0.4, -0.2) is 25.0 Å². The normalized spacial score (nSPS) is 10.9. The Kier molecular flexibility index (Phi) is 5.30. The Bertz CT molecular complexity index is 514. The number of hydrogen-bond donors (Lipinski definition) is 1. The minimum Gasteiger partial charge on any atom is -0.467 e. The predicted molar refractivity (Wildman–Crippen MR) is 69.2 cm³/mol. The topological polar surface area (TPSA) is 79.2 Å². The fourth-order valence-electron chi connectivity index (χ4n) is 1.46. The van der Waals surface area contributed by atoms with Gasteiger partial charge in [0.25, 0.3) is 5.91 Å². The third kappa shape index (κ3) is 3.96. The molecular formula is C14H14N2O3. The Labute approximate surface area is 111 Å². The zero-order valence-corrected chi connectivity index (χ0v) is 10.6. The summed E-state index contributed by atoms with van der Waals surface area (Å²) in [5.41, 5.74) is 0.837. The van der Waals surface area contributed by atoms with Crippen LogP contribution in [0.25, 0.3) is 0 Å². The molecule has 98 valence electrons. The van der Waals surface area contributed by atoms with E-state index in [0.717, 1.165) is 0 Å². The van der Waals surface area contributed by atoms with Gasteiger partial charge in [0.1, 0.15) is 6.04 Å². The van der Waals surface area contributed by atoms with Crippen molar-refractivity contribution in [3.8, 4) is 6.07 Å². The summed E-state index contributed by atoms with van der Waals surface area (Å²) < 4.78 is 4.59. The molecule has 0 aliphatic rings. The first-order valence-corrected chi connectivity index (χ1v) is 5.62. The average molecular weight is 258 g/mol. The summed E-state index contributed by atoms with van der Waals surface area (Å²) in [5.74, 6) is -0.927.